The van der Waals surface area contributed by atoms with Crippen molar-refractivity contribution >= 4 is 17.6 Å². The highest BCUT2D eigenvalue weighted by atomic mass is 16.6. The van der Waals surface area contributed by atoms with E-state index in [0.29, 0.717) is 12.0 Å². The second-order valence-electron chi connectivity index (χ2n) is 7.92. The maximum Gasteiger partial charge on any atom is 0.338 e. The molecular formula is C27H23NO7. The third kappa shape index (κ3) is 6.18. The van der Waals surface area contributed by atoms with Gasteiger partial charge in [-0.15, -0.1) is 0 Å². The van der Waals surface area contributed by atoms with Crippen LogP contribution in [0.3, 0.4) is 0 Å². The van der Waals surface area contributed by atoms with Gasteiger partial charge in [0, 0.05) is 24.6 Å². The number of benzene rings is 3. The molecule has 0 N–H and O–H groups in total. The molecule has 35 heavy (non-hydrogen) atoms. The summed E-state index contributed by atoms with van der Waals surface area (Å²) in [5, 5.41) is 11.0. The Hall–Kier alpha value is -4.30. The molecule has 0 saturated carbocycles. The van der Waals surface area contributed by atoms with Gasteiger partial charge in [-0.25, -0.2) is 9.59 Å². The van der Waals surface area contributed by atoms with Gasteiger partial charge in [0.25, 0.3) is 5.69 Å². The van der Waals surface area contributed by atoms with Crippen LogP contribution in [0.15, 0.2) is 97.1 Å². The van der Waals surface area contributed by atoms with Gasteiger partial charge in [0.1, 0.15) is 12.2 Å². The van der Waals surface area contributed by atoms with Gasteiger partial charge in [-0.2, -0.15) is 0 Å². The Labute approximate surface area is 201 Å². The van der Waals surface area contributed by atoms with Crippen molar-refractivity contribution in [3.05, 3.63) is 124 Å². The van der Waals surface area contributed by atoms with E-state index in [0.717, 1.165) is 5.56 Å². The molecule has 3 aromatic carbocycles. The molecule has 0 spiro atoms. The fourth-order valence-corrected chi connectivity index (χ4v) is 3.76. The van der Waals surface area contributed by atoms with Crippen LogP contribution in [-0.4, -0.2) is 29.1 Å². The third-order valence-corrected chi connectivity index (χ3v) is 5.52. The number of hydrogen-bond donors (Lipinski definition) is 0. The standard InChI is InChI=1S/C27H23NO7/c29-24-13-7-12-23(34-24)26(33-18-19-8-3-1-4-9-19)25(20-10-5-2-6-11-20)35-27(30)21-14-16-22(17-15-21)28(31)32/h1-11,13-17,23,25-26H,12,18H2/t23-,25+,26+/m1/s1. The molecular weight excluding hydrogens is 450 g/mol. The molecule has 0 bridgehead atoms. The lowest BCUT2D eigenvalue weighted by molar-refractivity contribution is -0.384. The van der Waals surface area contributed by atoms with Gasteiger partial charge < -0.3 is 14.2 Å². The zero-order valence-electron chi connectivity index (χ0n) is 18.7. The number of rotatable bonds is 9. The summed E-state index contributed by atoms with van der Waals surface area (Å²) in [6.45, 7) is 0.210. The summed E-state index contributed by atoms with van der Waals surface area (Å²) in [6, 6.07) is 23.7. The Kier molecular flexibility index (Phi) is 7.64. The summed E-state index contributed by atoms with van der Waals surface area (Å²) in [7, 11) is 0. The molecule has 0 unspecified atom stereocenters. The summed E-state index contributed by atoms with van der Waals surface area (Å²) >= 11 is 0. The second-order valence-corrected chi connectivity index (χ2v) is 7.92. The first-order valence-electron chi connectivity index (χ1n) is 11.0. The van der Waals surface area contributed by atoms with Gasteiger partial charge in [0.2, 0.25) is 0 Å². The number of ether oxygens (including phenoxy) is 3. The maximum atomic E-state index is 13.1. The first kappa shape index (κ1) is 23.8. The molecule has 1 aliphatic heterocycles. The molecule has 0 radical (unpaired) electrons. The Balaban J connectivity index is 1.64. The average molecular weight is 473 g/mol. The molecule has 0 aliphatic carbocycles. The number of hydrogen-bond acceptors (Lipinski definition) is 7. The van der Waals surface area contributed by atoms with Gasteiger partial charge >= 0.3 is 11.9 Å². The van der Waals surface area contributed by atoms with Crippen molar-refractivity contribution in [1.29, 1.82) is 0 Å². The van der Waals surface area contributed by atoms with Gasteiger partial charge in [-0.1, -0.05) is 66.7 Å². The molecule has 0 amide bonds. The van der Waals surface area contributed by atoms with Crippen molar-refractivity contribution in [1.82, 2.24) is 0 Å². The number of carbonyl (C=O) groups is 2. The summed E-state index contributed by atoms with van der Waals surface area (Å²) in [5.74, 6) is -1.18. The fourth-order valence-electron chi connectivity index (χ4n) is 3.76. The summed E-state index contributed by atoms with van der Waals surface area (Å²) < 4.78 is 17.7. The maximum absolute atomic E-state index is 13.1. The van der Waals surface area contributed by atoms with Crippen LogP contribution in [0.25, 0.3) is 0 Å². The number of esters is 2. The lowest BCUT2D eigenvalue weighted by Gasteiger charge is -2.33. The largest absolute Gasteiger partial charge is 0.456 e. The van der Waals surface area contributed by atoms with E-state index >= 15 is 0 Å². The fraction of sp³-hybridized carbons (Fsp3) is 0.185. The minimum atomic E-state index is -0.910. The Morgan fingerprint density at radius 2 is 1.66 bits per heavy atom. The molecule has 0 saturated heterocycles. The number of nitro benzene ring substituents is 1. The van der Waals surface area contributed by atoms with E-state index in [2.05, 4.69) is 0 Å². The monoisotopic (exact) mass is 473 g/mol. The van der Waals surface area contributed by atoms with E-state index in [-0.39, 0.29) is 17.9 Å². The highest BCUT2D eigenvalue weighted by Gasteiger charge is 2.37. The summed E-state index contributed by atoms with van der Waals surface area (Å²) in [4.78, 5) is 35.5. The van der Waals surface area contributed by atoms with E-state index in [4.69, 9.17) is 14.2 Å². The smallest absolute Gasteiger partial charge is 0.338 e. The van der Waals surface area contributed by atoms with Gasteiger partial charge in [0.15, 0.2) is 6.10 Å². The van der Waals surface area contributed by atoms with E-state index in [1.807, 2.05) is 48.5 Å². The molecule has 178 valence electrons. The van der Waals surface area contributed by atoms with Gasteiger partial charge in [0.05, 0.1) is 17.1 Å². The highest BCUT2D eigenvalue weighted by Crippen LogP contribution is 2.31. The Morgan fingerprint density at radius 1 is 1.00 bits per heavy atom. The molecule has 4 rings (SSSR count). The van der Waals surface area contributed by atoms with Crippen LogP contribution < -0.4 is 0 Å². The van der Waals surface area contributed by atoms with Gasteiger partial charge in [-0.05, 0) is 23.3 Å². The molecule has 0 fully saturated rings. The van der Waals surface area contributed by atoms with E-state index in [1.165, 1.54) is 30.3 Å². The van der Waals surface area contributed by atoms with Crippen LogP contribution in [0, 0.1) is 10.1 Å². The topological polar surface area (TPSA) is 105 Å². The molecule has 1 heterocycles. The Bertz CT molecular complexity index is 1190. The van der Waals surface area contributed by atoms with Crippen molar-refractivity contribution in [2.24, 2.45) is 0 Å². The molecule has 8 nitrogen and oxygen atoms in total. The quantitative estimate of drug-likeness (QED) is 0.246. The van der Waals surface area contributed by atoms with Crippen molar-refractivity contribution < 1.29 is 28.7 Å². The normalized spacial score (nSPS) is 16.7. The molecule has 0 aromatic heterocycles. The molecule has 3 atom stereocenters. The lowest BCUT2D eigenvalue weighted by Crippen LogP contribution is -2.40. The second kappa shape index (κ2) is 11.2. The molecule has 8 heteroatoms. The number of nitro groups is 1. The lowest BCUT2D eigenvalue weighted by atomic mass is 9.96. The minimum absolute atomic E-state index is 0.133. The predicted octanol–water partition coefficient (Wildman–Crippen LogP) is 4.95. The van der Waals surface area contributed by atoms with Crippen LogP contribution >= 0.6 is 0 Å². The zero-order valence-corrected chi connectivity index (χ0v) is 18.7. The van der Waals surface area contributed by atoms with Crippen LogP contribution in [0.2, 0.25) is 0 Å². The SMILES string of the molecule is O=C1C=CC[C@H]([C@H](OCc2ccccc2)[C@@H](OC(=O)c2ccc([N+](=O)[O-])cc2)c2ccccc2)O1. The predicted molar refractivity (Wildman–Crippen MR) is 126 cm³/mol. The molecule has 3 aromatic rings. The third-order valence-electron chi connectivity index (χ3n) is 5.52. The van der Waals surface area contributed by atoms with Crippen molar-refractivity contribution in [3.8, 4) is 0 Å². The van der Waals surface area contributed by atoms with Crippen molar-refractivity contribution in [3.63, 3.8) is 0 Å². The first-order valence-corrected chi connectivity index (χ1v) is 11.0. The minimum Gasteiger partial charge on any atom is -0.456 e. The summed E-state index contributed by atoms with van der Waals surface area (Å²) in [6.07, 6.45) is 1.04. The number of non-ortho nitro benzene ring substituents is 1. The van der Waals surface area contributed by atoms with Crippen LogP contribution in [0.1, 0.15) is 34.0 Å². The van der Waals surface area contributed by atoms with Crippen molar-refractivity contribution in [2.75, 3.05) is 0 Å². The number of nitrogens with zero attached hydrogens (tertiary/aromatic N) is 1. The van der Waals surface area contributed by atoms with Crippen LogP contribution in [-0.2, 0) is 25.6 Å². The molecule has 1 aliphatic rings. The number of carbonyl (C=O) groups excluding carboxylic acids is 2. The van der Waals surface area contributed by atoms with Crippen LogP contribution in [0.4, 0.5) is 5.69 Å². The van der Waals surface area contributed by atoms with Gasteiger partial charge in [-0.3, -0.25) is 10.1 Å². The number of cyclic esters (lactones) is 1. The van der Waals surface area contributed by atoms with Crippen molar-refractivity contribution in [2.45, 2.75) is 31.3 Å². The first-order chi connectivity index (χ1) is 17.0. The average Bonchev–Trinajstić information content (AvgIpc) is 2.89. The summed E-state index contributed by atoms with van der Waals surface area (Å²) in [5.41, 5.74) is 1.58. The zero-order chi connectivity index (χ0) is 24.6. The van der Waals surface area contributed by atoms with E-state index < -0.39 is 35.2 Å². The van der Waals surface area contributed by atoms with E-state index in [1.54, 1.807) is 18.2 Å². The van der Waals surface area contributed by atoms with E-state index in [9.17, 15) is 19.7 Å². The Morgan fingerprint density at radius 3 is 2.29 bits per heavy atom. The van der Waals surface area contributed by atoms with Crippen LogP contribution in [0.5, 0.6) is 0 Å². The highest BCUT2D eigenvalue weighted by molar-refractivity contribution is 5.89.